The Bertz CT molecular complexity index is 1940. The average molecular weight is 598 g/mol. The lowest BCUT2D eigenvalue weighted by Gasteiger charge is -2.12. The Balaban J connectivity index is 1.40. The van der Waals surface area contributed by atoms with Crippen LogP contribution in [0.1, 0.15) is 31.8 Å². The molecule has 0 heterocycles. The van der Waals surface area contributed by atoms with Crippen LogP contribution in [0.2, 0.25) is 5.02 Å². The van der Waals surface area contributed by atoms with Gasteiger partial charge in [0.25, 0.3) is 15.9 Å². The van der Waals surface area contributed by atoms with Gasteiger partial charge in [0, 0.05) is 10.6 Å². The third-order valence-corrected chi connectivity index (χ3v) is 7.92. The van der Waals surface area contributed by atoms with Crippen LogP contribution in [0.25, 0.3) is 10.8 Å². The van der Waals surface area contributed by atoms with Gasteiger partial charge < -0.3 is 4.74 Å². The number of rotatable bonds is 8. The van der Waals surface area contributed by atoms with E-state index >= 15 is 0 Å². The normalized spacial score (nSPS) is 11.4. The highest BCUT2D eigenvalue weighted by atomic mass is 35.5. The molecule has 8 nitrogen and oxygen atoms in total. The van der Waals surface area contributed by atoms with Crippen LogP contribution in [0.4, 0.5) is 5.69 Å². The van der Waals surface area contributed by atoms with E-state index in [0.29, 0.717) is 16.1 Å². The van der Waals surface area contributed by atoms with Gasteiger partial charge in [0.15, 0.2) is 0 Å². The minimum absolute atomic E-state index is 0.0103. The van der Waals surface area contributed by atoms with Crippen molar-refractivity contribution in [2.24, 2.45) is 5.10 Å². The van der Waals surface area contributed by atoms with E-state index in [4.69, 9.17) is 16.3 Å². The van der Waals surface area contributed by atoms with Crippen LogP contribution >= 0.6 is 11.6 Å². The lowest BCUT2D eigenvalue weighted by molar-refractivity contribution is 0.0734. The number of benzene rings is 5. The number of hydrazone groups is 1. The molecule has 0 aliphatic carbocycles. The Kier molecular flexibility index (Phi) is 8.33. The SMILES string of the molecule is Cc1cccc(C(=O)Oc2ccc3ccccc3c2C=NNC(=O)c2ccccc2NS(=O)(=O)c2ccc(Cl)cc2)c1. The second kappa shape index (κ2) is 12.3. The van der Waals surface area contributed by atoms with Gasteiger partial charge in [-0.25, -0.2) is 18.6 Å². The highest BCUT2D eigenvalue weighted by Crippen LogP contribution is 2.28. The fraction of sp³-hybridized carbons (Fsp3) is 0.0312. The molecule has 0 aromatic heterocycles. The van der Waals surface area contributed by atoms with Crippen LogP contribution in [-0.2, 0) is 10.0 Å². The molecule has 42 heavy (non-hydrogen) atoms. The maximum atomic E-state index is 13.1. The highest BCUT2D eigenvalue weighted by molar-refractivity contribution is 7.92. The molecule has 0 spiro atoms. The Labute approximate surface area is 247 Å². The molecule has 1 amide bonds. The molecule has 10 heteroatoms. The van der Waals surface area contributed by atoms with Gasteiger partial charge in [-0.3, -0.25) is 9.52 Å². The molecule has 0 saturated carbocycles. The van der Waals surface area contributed by atoms with E-state index in [1.54, 1.807) is 36.4 Å². The summed E-state index contributed by atoms with van der Waals surface area (Å²) in [5.74, 6) is -0.928. The van der Waals surface area contributed by atoms with Gasteiger partial charge in [-0.15, -0.1) is 0 Å². The average Bonchev–Trinajstić information content (AvgIpc) is 2.98. The number of carbonyl (C=O) groups is 2. The molecule has 0 aliphatic rings. The predicted octanol–water partition coefficient (Wildman–Crippen LogP) is 6.59. The van der Waals surface area contributed by atoms with Gasteiger partial charge in [-0.1, -0.05) is 71.8 Å². The van der Waals surface area contributed by atoms with Crippen molar-refractivity contribution in [1.29, 1.82) is 0 Å². The van der Waals surface area contributed by atoms with E-state index in [9.17, 15) is 18.0 Å². The first-order chi connectivity index (χ1) is 20.2. The minimum Gasteiger partial charge on any atom is -0.422 e. The monoisotopic (exact) mass is 597 g/mol. The van der Waals surface area contributed by atoms with Gasteiger partial charge >= 0.3 is 5.97 Å². The van der Waals surface area contributed by atoms with Gasteiger partial charge in [0.1, 0.15) is 5.75 Å². The molecular formula is C32H24ClN3O5S. The van der Waals surface area contributed by atoms with Crippen molar-refractivity contribution in [2.75, 3.05) is 4.72 Å². The number of aryl methyl sites for hydroxylation is 1. The first-order valence-corrected chi connectivity index (χ1v) is 14.6. The fourth-order valence-corrected chi connectivity index (χ4v) is 5.44. The van der Waals surface area contributed by atoms with E-state index in [0.717, 1.165) is 16.3 Å². The first kappa shape index (κ1) is 28.5. The van der Waals surface area contributed by atoms with E-state index in [1.807, 2.05) is 43.3 Å². The molecule has 5 aromatic rings. The van der Waals surface area contributed by atoms with Crippen molar-refractivity contribution in [3.63, 3.8) is 0 Å². The summed E-state index contributed by atoms with van der Waals surface area (Å²) in [6.45, 7) is 1.88. The number of sulfonamides is 1. The number of hydrogen-bond acceptors (Lipinski definition) is 6. The number of halogens is 1. The number of para-hydroxylation sites is 1. The molecular weight excluding hydrogens is 574 g/mol. The standard InChI is InChI=1S/C32H24ClN3O5S/c1-21-7-6-9-23(19-21)32(38)41-30-18-13-22-8-2-3-10-26(22)28(30)20-34-35-31(37)27-11-4-5-12-29(27)36-42(39,40)25-16-14-24(33)15-17-25/h2-20,36H,1H3,(H,35,37). The number of hydrogen-bond donors (Lipinski definition) is 2. The maximum Gasteiger partial charge on any atom is 0.343 e. The number of amides is 1. The number of esters is 1. The van der Waals surface area contributed by atoms with E-state index in [1.165, 1.54) is 42.6 Å². The lowest BCUT2D eigenvalue weighted by atomic mass is 10.0. The summed E-state index contributed by atoms with van der Waals surface area (Å²) in [6, 6.07) is 29.8. The summed E-state index contributed by atoms with van der Waals surface area (Å²) < 4.78 is 34.0. The lowest BCUT2D eigenvalue weighted by Crippen LogP contribution is -2.21. The Morgan fingerprint density at radius 2 is 1.60 bits per heavy atom. The quantitative estimate of drug-likeness (QED) is 0.0907. The Morgan fingerprint density at radius 1 is 0.857 bits per heavy atom. The van der Waals surface area contributed by atoms with Crippen LogP contribution in [0.3, 0.4) is 0 Å². The number of carbonyl (C=O) groups excluding carboxylic acids is 2. The summed E-state index contributed by atoms with van der Waals surface area (Å²) in [4.78, 5) is 26.0. The number of nitrogens with zero attached hydrogens (tertiary/aromatic N) is 1. The van der Waals surface area contributed by atoms with Gasteiger partial charge in [0.05, 0.1) is 27.9 Å². The number of fused-ring (bicyclic) bond motifs is 1. The molecule has 0 saturated heterocycles. The highest BCUT2D eigenvalue weighted by Gasteiger charge is 2.19. The molecule has 2 N–H and O–H groups in total. The zero-order valence-electron chi connectivity index (χ0n) is 22.2. The van der Waals surface area contributed by atoms with Crippen molar-refractivity contribution in [3.05, 3.63) is 136 Å². The summed E-state index contributed by atoms with van der Waals surface area (Å²) in [5, 5.41) is 6.14. The molecule has 0 aliphatic heterocycles. The fourth-order valence-electron chi connectivity index (χ4n) is 4.23. The molecule has 210 valence electrons. The number of nitrogens with one attached hydrogen (secondary N) is 2. The van der Waals surface area contributed by atoms with Crippen LogP contribution in [0.5, 0.6) is 5.75 Å². The largest absolute Gasteiger partial charge is 0.422 e. The minimum atomic E-state index is -3.99. The van der Waals surface area contributed by atoms with Crippen LogP contribution < -0.4 is 14.9 Å². The number of anilines is 1. The summed E-state index contributed by atoms with van der Waals surface area (Å²) in [7, 11) is -3.99. The molecule has 0 fully saturated rings. The van der Waals surface area contributed by atoms with Crippen molar-refractivity contribution < 1.29 is 22.7 Å². The van der Waals surface area contributed by atoms with Crippen molar-refractivity contribution in [3.8, 4) is 5.75 Å². The summed E-state index contributed by atoms with van der Waals surface area (Å²) >= 11 is 5.88. The van der Waals surface area contributed by atoms with E-state index in [-0.39, 0.29) is 21.9 Å². The molecule has 0 bridgehead atoms. The van der Waals surface area contributed by atoms with Gasteiger partial charge in [-0.05, 0) is 72.3 Å². The Morgan fingerprint density at radius 3 is 2.38 bits per heavy atom. The van der Waals surface area contributed by atoms with Crippen LogP contribution in [0, 0.1) is 6.92 Å². The smallest absolute Gasteiger partial charge is 0.343 e. The summed E-state index contributed by atoms with van der Waals surface area (Å²) in [5.41, 5.74) is 4.36. The molecule has 0 unspecified atom stereocenters. The molecule has 0 radical (unpaired) electrons. The van der Waals surface area contributed by atoms with E-state index in [2.05, 4.69) is 15.2 Å². The maximum absolute atomic E-state index is 13.1. The zero-order valence-corrected chi connectivity index (χ0v) is 23.8. The molecule has 0 atom stereocenters. The first-order valence-electron chi connectivity index (χ1n) is 12.7. The van der Waals surface area contributed by atoms with Crippen molar-refractivity contribution >= 4 is 56.2 Å². The second-order valence-corrected chi connectivity index (χ2v) is 11.4. The Hall–Kier alpha value is -4.99. The van der Waals surface area contributed by atoms with Gasteiger partial charge in [-0.2, -0.15) is 5.10 Å². The molecule has 5 aromatic carbocycles. The van der Waals surface area contributed by atoms with E-state index < -0.39 is 21.9 Å². The second-order valence-electron chi connectivity index (χ2n) is 9.26. The van der Waals surface area contributed by atoms with Crippen LogP contribution in [-0.4, -0.2) is 26.5 Å². The van der Waals surface area contributed by atoms with Crippen molar-refractivity contribution in [1.82, 2.24) is 5.43 Å². The summed E-state index contributed by atoms with van der Waals surface area (Å²) in [6.07, 6.45) is 1.39. The van der Waals surface area contributed by atoms with Crippen LogP contribution in [0.15, 0.2) is 119 Å². The third kappa shape index (κ3) is 6.49. The number of ether oxygens (including phenoxy) is 1. The zero-order chi connectivity index (χ0) is 29.7. The van der Waals surface area contributed by atoms with Crippen molar-refractivity contribution in [2.45, 2.75) is 11.8 Å². The van der Waals surface area contributed by atoms with Gasteiger partial charge in [0.2, 0.25) is 0 Å². The predicted molar refractivity (Wildman–Crippen MR) is 164 cm³/mol. The molecule has 5 rings (SSSR count). The third-order valence-electron chi connectivity index (χ3n) is 6.29. The topological polar surface area (TPSA) is 114 Å².